The first-order chi connectivity index (χ1) is 13.4. The average molecular weight is 405 g/mol. The number of benzene rings is 1. The van der Waals surface area contributed by atoms with E-state index in [4.69, 9.17) is 4.74 Å². The van der Waals surface area contributed by atoms with Gasteiger partial charge in [-0.1, -0.05) is 62.7 Å². The van der Waals surface area contributed by atoms with Gasteiger partial charge in [0, 0.05) is 11.3 Å². The van der Waals surface area contributed by atoms with Crippen LogP contribution in [0.1, 0.15) is 71.8 Å². The van der Waals surface area contributed by atoms with Crippen molar-refractivity contribution in [1.29, 1.82) is 0 Å². The van der Waals surface area contributed by atoms with Gasteiger partial charge in [0.2, 0.25) is 0 Å². The van der Waals surface area contributed by atoms with Crippen LogP contribution < -0.4 is 0 Å². The number of unbranched alkanes of at least 4 members (excludes halogenated alkanes) is 3. The molecular formula is C23H36N2O2S. The molecule has 0 aliphatic carbocycles. The molecule has 0 N–H and O–H groups in total. The first-order valence-electron chi connectivity index (χ1n) is 10.3. The minimum absolute atomic E-state index is 0.123. The average Bonchev–Trinajstić information content (AvgIpc) is 2.68. The zero-order valence-electron chi connectivity index (χ0n) is 17.9. The third kappa shape index (κ3) is 10.6. The minimum Gasteiger partial charge on any atom is -0.461 e. The molecule has 0 aliphatic heterocycles. The molecule has 0 radical (unpaired) electrons. The maximum absolute atomic E-state index is 11.9. The molecule has 0 saturated carbocycles. The van der Waals surface area contributed by atoms with Gasteiger partial charge in [0.1, 0.15) is 11.5 Å². The summed E-state index contributed by atoms with van der Waals surface area (Å²) in [7, 11) is 0. The van der Waals surface area contributed by atoms with Crippen molar-refractivity contribution >= 4 is 17.7 Å². The monoisotopic (exact) mass is 404 g/mol. The Morgan fingerprint density at radius 2 is 1.96 bits per heavy atom. The van der Waals surface area contributed by atoms with Gasteiger partial charge < -0.3 is 4.74 Å². The molecule has 156 valence electrons. The fraction of sp³-hybridized carbons (Fsp3) is 0.609. The van der Waals surface area contributed by atoms with Crippen LogP contribution in [0.25, 0.3) is 0 Å². The normalized spacial score (nSPS) is 13.6. The van der Waals surface area contributed by atoms with Crippen LogP contribution in [0.3, 0.4) is 0 Å². The summed E-state index contributed by atoms with van der Waals surface area (Å²) in [6.07, 6.45) is 8.70. The van der Waals surface area contributed by atoms with E-state index >= 15 is 0 Å². The van der Waals surface area contributed by atoms with E-state index in [2.05, 4.69) is 48.0 Å². The van der Waals surface area contributed by atoms with Gasteiger partial charge in [-0.2, -0.15) is 10.2 Å². The van der Waals surface area contributed by atoms with Gasteiger partial charge in [0.15, 0.2) is 0 Å². The lowest BCUT2D eigenvalue weighted by Crippen LogP contribution is -2.19. The largest absolute Gasteiger partial charge is 0.461 e. The molecule has 1 aromatic carbocycles. The number of hydrogen-bond donors (Lipinski definition) is 0. The number of ether oxygens (including phenoxy) is 1. The van der Waals surface area contributed by atoms with E-state index in [-0.39, 0.29) is 18.6 Å². The second-order valence-corrected chi connectivity index (χ2v) is 9.07. The highest BCUT2D eigenvalue weighted by atomic mass is 32.2. The molecule has 1 unspecified atom stereocenters. The lowest BCUT2D eigenvalue weighted by Gasteiger charge is -2.23. The lowest BCUT2D eigenvalue weighted by atomic mass is 10.1. The van der Waals surface area contributed by atoms with Crippen molar-refractivity contribution in [3.63, 3.8) is 0 Å². The van der Waals surface area contributed by atoms with E-state index in [9.17, 15) is 4.79 Å². The number of thioether (sulfide) groups is 1. The van der Waals surface area contributed by atoms with Crippen molar-refractivity contribution in [2.24, 2.45) is 10.2 Å². The Morgan fingerprint density at radius 3 is 2.57 bits per heavy atom. The molecule has 0 saturated heterocycles. The molecular weight excluding hydrogens is 368 g/mol. The predicted octanol–water partition coefficient (Wildman–Crippen LogP) is 6.99. The van der Waals surface area contributed by atoms with Crippen molar-refractivity contribution < 1.29 is 9.53 Å². The van der Waals surface area contributed by atoms with Crippen LogP contribution in [0.5, 0.6) is 0 Å². The molecule has 1 aromatic rings. The Hall–Kier alpha value is -1.62. The van der Waals surface area contributed by atoms with Gasteiger partial charge in [-0.05, 0) is 57.7 Å². The Balaban J connectivity index is 2.71. The van der Waals surface area contributed by atoms with Gasteiger partial charge in [0.25, 0.3) is 0 Å². The molecule has 0 amide bonds. The molecule has 1 rings (SSSR count). The Morgan fingerprint density at radius 1 is 1.25 bits per heavy atom. The van der Waals surface area contributed by atoms with Crippen LogP contribution in [0.2, 0.25) is 0 Å². The smallest absolute Gasteiger partial charge is 0.306 e. The summed E-state index contributed by atoms with van der Waals surface area (Å²) in [4.78, 5) is 12.5. The van der Waals surface area contributed by atoms with E-state index < -0.39 is 4.87 Å². The zero-order chi connectivity index (χ0) is 20.8. The van der Waals surface area contributed by atoms with Crippen LogP contribution in [0.15, 0.2) is 52.0 Å². The number of rotatable bonds is 14. The molecule has 0 heterocycles. The number of aryl methyl sites for hydroxylation is 1. The summed E-state index contributed by atoms with van der Waals surface area (Å²) in [5.74, 6) is -0.228. The first kappa shape index (κ1) is 24.4. The van der Waals surface area contributed by atoms with Crippen molar-refractivity contribution in [1.82, 2.24) is 0 Å². The van der Waals surface area contributed by atoms with E-state index in [0.29, 0.717) is 12.8 Å². The number of carbonyl (C=O) groups is 1. The standard InChI is InChI=1S/C23H36N2O2S/c1-6-8-9-10-11-20-12-14-21(15-13-20)28-23(5,25-24-19(3)4)17-16-22(26)27-18-7-2/h7,12-15,19H,2,6,8-11,16-18H2,1,3-5H3. The third-order valence-corrected chi connectivity index (χ3v) is 5.47. The maximum Gasteiger partial charge on any atom is 0.306 e. The molecule has 4 nitrogen and oxygen atoms in total. The quantitative estimate of drug-likeness (QED) is 0.110. The van der Waals surface area contributed by atoms with Crippen LogP contribution >= 0.6 is 11.8 Å². The molecule has 0 fully saturated rings. The number of azo groups is 1. The highest BCUT2D eigenvalue weighted by Crippen LogP contribution is 2.38. The van der Waals surface area contributed by atoms with Gasteiger partial charge in [-0.15, -0.1) is 0 Å². The Labute approximate surface area is 175 Å². The SMILES string of the molecule is C=CCOC(=O)CCC(C)(N=NC(C)C)Sc1ccc(CCCCCC)cc1. The van der Waals surface area contributed by atoms with Crippen LogP contribution in [-0.4, -0.2) is 23.5 Å². The Bertz CT molecular complexity index is 614. The van der Waals surface area contributed by atoms with E-state index in [0.717, 1.165) is 11.3 Å². The maximum atomic E-state index is 11.9. The molecule has 0 spiro atoms. The van der Waals surface area contributed by atoms with Gasteiger partial charge >= 0.3 is 5.97 Å². The molecule has 0 aliphatic rings. The van der Waals surface area contributed by atoms with Gasteiger partial charge in [-0.3, -0.25) is 4.79 Å². The van der Waals surface area contributed by atoms with Crippen molar-refractivity contribution in [3.8, 4) is 0 Å². The van der Waals surface area contributed by atoms with Crippen molar-refractivity contribution in [2.45, 2.75) is 88.4 Å². The zero-order valence-corrected chi connectivity index (χ0v) is 18.8. The number of esters is 1. The molecule has 28 heavy (non-hydrogen) atoms. The number of carbonyl (C=O) groups excluding carboxylic acids is 1. The number of nitrogens with zero attached hydrogens (tertiary/aromatic N) is 2. The van der Waals surface area contributed by atoms with Gasteiger partial charge in [-0.25, -0.2) is 0 Å². The minimum atomic E-state index is -0.500. The predicted molar refractivity (Wildman–Crippen MR) is 119 cm³/mol. The molecule has 0 aromatic heterocycles. The molecule has 1 atom stereocenters. The first-order valence-corrected chi connectivity index (χ1v) is 11.2. The van der Waals surface area contributed by atoms with E-state index in [1.54, 1.807) is 17.8 Å². The van der Waals surface area contributed by atoms with Gasteiger partial charge in [0.05, 0.1) is 6.04 Å². The second-order valence-electron chi connectivity index (χ2n) is 7.51. The van der Waals surface area contributed by atoms with Crippen LogP contribution in [0.4, 0.5) is 0 Å². The summed E-state index contributed by atoms with van der Waals surface area (Å²) in [5.41, 5.74) is 1.37. The summed E-state index contributed by atoms with van der Waals surface area (Å²) in [5, 5.41) is 8.90. The topological polar surface area (TPSA) is 51.0 Å². The van der Waals surface area contributed by atoms with E-state index in [1.807, 2.05) is 20.8 Å². The van der Waals surface area contributed by atoms with Crippen LogP contribution in [0, 0.1) is 0 Å². The summed E-state index contributed by atoms with van der Waals surface area (Å²) < 4.78 is 5.09. The number of hydrogen-bond acceptors (Lipinski definition) is 5. The fourth-order valence-corrected chi connectivity index (χ4v) is 3.72. The third-order valence-electron chi connectivity index (χ3n) is 4.24. The summed E-state index contributed by atoms with van der Waals surface area (Å²) >= 11 is 1.65. The second kappa shape index (κ2) is 13.5. The lowest BCUT2D eigenvalue weighted by molar-refractivity contribution is -0.142. The highest BCUT2D eigenvalue weighted by Gasteiger charge is 2.27. The highest BCUT2D eigenvalue weighted by molar-refractivity contribution is 8.00. The van der Waals surface area contributed by atoms with E-state index in [1.165, 1.54) is 31.2 Å². The summed E-state index contributed by atoms with van der Waals surface area (Å²) in [6.45, 7) is 12.1. The van der Waals surface area contributed by atoms with Crippen molar-refractivity contribution in [3.05, 3.63) is 42.5 Å². The molecule has 5 heteroatoms. The van der Waals surface area contributed by atoms with Crippen LogP contribution in [-0.2, 0) is 16.0 Å². The summed E-state index contributed by atoms with van der Waals surface area (Å²) in [6, 6.07) is 8.83. The van der Waals surface area contributed by atoms with Crippen molar-refractivity contribution in [2.75, 3.05) is 6.61 Å². The Kier molecular flexibility index (Phi) is 11.8. The fourth-order valence-electron chi connectivity index (χ4n) is 2.65. The molecule has 0 bridgehead atoms.